The van der Waals surface area contributed by atoms with Gasteiger partial charge in [0.2, 0.25) is 18.5 Å². The number of alkyl halides is 3. The molecular weight excluding hydrogens is 381 g/mol. The number of halogens is 3. The van der Waals surface area contributed by atoms with Crippen LogP contribution < -0.4 is 14.8 Å². The van der Waals surface area contributed by atoms with E-state index in [9.17, 15) is 18.0 Å². The number of nitrogens with zero attached hydrogens (tertiary/aromatic N) is 3. The fourth-order valence-corrected chi connectivity index (χ4v) is 2.48. The number of anilines is 1. The first-order valence-electron chi connectivity index (χ1n) is 7.94. The average Bonchev–Trinajstić information content (AvgIpc) is 3.31. The Kier molecular flexibility index (Phi) is 4.34. The van der Waals surface area contributed by atoms with E-state index in [1.807, 2.05) is 0 Å². The fourth-order valence-electron chi connectivity index (χ4n) is 2.48. The van der Waals surface area contributed by atoms with Crippen LogP contribution in [0.3, 0.4) is 0 Å². The maximum absolute atomic E-state index is 12.5. The van der Waals surface area contributed by atoms with Crippen LogP contribution in [-0.2, 0) is 17.4 Å². The van der Waals surface area contributed by atoms with Gasteiger partial charge in [-0.15, -0.1) is 0 Å². The molecule has 144 valence electrons. The van der Waals surface area contributed by atoms with Gasteiger partial charge in [0.15, 0.2) is 11.5 Å². The second-order valence-electron chi connectivity index (χ2n) is 5.77. The SMILES string of the molecule is O=C(Cc1ccc2c(c1)OCO2)Nc1ccc(-c2noc(C(F)(F)F)n2)nc1. The van der Waals surface area contributed by atoms with Gasteiger partial charge in [0, 0.05) is 0 Å². The van der Waals surface area contributed by atoms with Gasteiger partial charge in [0.1, 0.15) is 5.69 Å². The van der Waals surface area contributed by atoms with Gasteiger partial charge in [-0.1, -0.05) is 11.2 Å². The van der Waals surface area contributed by atoms with E-state index in [1.165, 1.54) is 18.3 Å². The summed E-state index contributed by atoms with van der Waals surface area (Å²) < 4.78 is 52.1. The van der Waals surface area contributed by atoms with Crippen LogP contribution in [-0.4, -0.2) is 27.8 Å². The summed E-state index contributed by atoms with van der Waals surface area (Å²) in [6, 6.07) is 8.05. The highest BCUT2D eigenvalue weighted by atomic mass is 19.4. The van der Waals surface area contributed by atoms with E-state index in [4.69, 9.17) is 9.47 Å². The van der Waals surface area contributed by atoms with Gasteiger partial charge in [0.25, 0.3) is 0 Å². The Labute approximate surface area is 155 Å². The Morgan fingerprint density at radius 3 is 2.68 bits per heavy atom. The van der Waals surface area contributed by atoms with Gasteiger partial charge in [-0.2, -0.15) is 18.2 Å². The molecule has 0 atom stereocenters. The maximum atomic E-state index is 12.5. The Balaban J connectivity index is 1.40. The molecule has 1 amide bonds. The predicted molar refractivity (Wildman–Crippen MR) is 87.4 cm³/mol. The first kappa shape index (κ1) is 17.8. The number of aromatic nitrogens is 3. The number of ether oxygens (including phenoxy) is 2. The standard InChI is InChI=1S/C17H11F3N4O4/c18-17(19,20)16-23-15(24-28-16)11-3-2-10(7-21-11)22-14(25)6-9-1-4-12-13(5-9)27-8-26-12/h1-5,7H,6,8H2,(H,22,25). The zero-order valence-corrected chi connectivity index (χ0v) is 14.0. The molecule has 4 rings (SSSR count). The van der Waals surface area contributed by atoms with Crippen molar-refractivity contribution >= 4 is 11.6 Å². The smallest absolute Gasteiger partial charge is 0.454 e. The second-order valence-corrected chi connectivity index (χ2v) is 5.77. The van der Waals surface area contributed by atoms with Crippen LogP contribution in [0.15, 0.2) is 41.1 Å². The van der Waals surface area contributed by atoms with Gasteiger partial charge < -0.3 is 19.3 Å². The molecule has 2 aromatic heterocycles. The van der Waals surface area contributed by atoms with Crippen molar-refractivity contribution in [2.24, 2.45) is 0 Å². The number of amides is 1. The Morgan fingerprint density at radius 2 is 1.96 bits per heavy atom. The zero-order valence-electron chi connectivity index (χ0n) is 14.0. The van der Waals surface area contributed by atoms with Crippen molar-refractivity contribution in [3.63, 3.8) is 0 Å². The molecule has 0 aliphatic carbocycles. The highest BCUT2D eigenvalue weighted by Gasteiger charge is 2.38. The minimum atomic E-state index is -4.73. The minimum Gasteiger partial charge on any atom is -0.454 e. The number of nitrogens with one attached hydrogen (secondary N) is 1. The number of benzene rings is 1. The van der Waals surface area contributed by atoms with Gasteiger partial charge in [-0.25, -0.2) is 0 Å². The van der Waals surface area contributed by atoms with E-state index in [2.05, 4.69) is 25.0 Å². The summed E-state index contributed by atoms with van der Waals surface area (Å²) in [4.78, 5) is 19.4. The fraction of sp³-hybridized carbons (Fsp3) is 0.176. The van der Waals surface area contributed by atoms with Crippen molar-refractivity contribution in [1.82, 2.24) is 15.1 Å². The van der Waals surface area contributed by atoms with E-state index >= 15 is 0 Å². The molecule has 0 spiro atoms. The number of fused-ring (bicyclic) bond motifs is 1. The Morgan fingerprint density at radius 1 is 1.14 bits per heavy atom. The largest absolute Gasteiger partial charge is 0.471 e. The third-order valence-electron chi connectivity index (χ3n) is 3.75. The van der Waals surface area contributed by atoms with E-state index in [0.29, 0.717) is 17.2 Å². The number of hydrogen-bond donors (Lipinski definition) is 1. The summed E-state index contributed by atoms with van der Waals surface area (Å²) >= 11 is 0. The molecule has 0 fully saturated rings. The zero-order chi connectivity index (χ0) is 19.7. The van der Waals surface area contributed by atoms with Crippen molar-refractivity contribution in [1.29, 1.82) is 0 Å². The highest BCUT2D eigenvalue weighted by Crippen LogP contribution is 2.32. The van der Waals surface area contributed by atoms with Crippen molar-refractivity contribution in [3.8, 4) is 23.0 Å². The lowest BCUT2D eigenvalue weighted by Gasteiger charge is -2.06. The number of carbonyl (C=O) groups excluding carboxylic acids is 1. The first-order chi connectivity index (χ1) is 13.4. The first-order valence-corrected chi connectivity index (χ1v) is 7.94. The van der Waals surface area contributed by atoms with E-state index < -0.39 is 12.1 Å². The molecule has 3 aromatic rings. The summed E-state index contributed by atoms with van der Waals surface area (Å²) in [7, 11) is 0. The van der Waals surface area contributed by atoms with Crippen LogP contribution >= 0.6 is 0 Å². The average molecular weight is 392 g/mol. The van der Waals surface area contributed by atoms with Crippen LogP contribution in [0.2, 0.25) is 0 Å². The molecule has 1 aliphatic rings. The van der Waals surface area contributed by atoms with Gasteiger partial charge >= 0.3 is 12.1 Å². The summed E-state index contributed by atoms with van der Waals surface area (Å²) in [5, 5.41) is 5.90. The quantitative estimate of drug-likeness (QED) is 0.728. The van der Waals surface area contributed by atoms with Gasteiger partial charge in [-0.05, 0) is 29.8 Å². The van der Waals surface area contributed by atoms with E-state index in [1.54, 1.807) is 18.2 Å². The van der Waals surface area contributed by atoms with Crippen LogP contribution in [0.1, 0.15) is 11.5 Å². The predicted octanol–water partition coefficient (Wildman–Crippen LogP) is 3.06. The van der Waals surface area contributed by atoms with Crippen molar-refractivity contribution < 1.29 is 32.0 Å². The Bertz CT molecular complexity index is 1020. The summed E-state index contributed by atoms with van der Waals surface area (Å²) in [6.45, 7) is 0.147. The topological polar surface area (TPSA) is 99.4 Å². The van der Waals surface area contributed by atoms with Gasteiger partial charge in [-0.3, -0.25) is 9.78 Å². The molecule has 0 saturated carbocycles. The van der Waals surface area contributed by atoms with E-state index in [0.717, 1.165) is 5.56 Å². The van der Waals surface area contributed by atoms with Crippen molar-refractivity contribution in [3.05, 3.63) is 48.0 Å². The molecule has 3 heterocycles. The monoisotopic (exact) mass is 392 g/mol. The molecule has 28 heavy (non-hydrogen) atoms. The molecule has 1 aromatic carbocycles. The van der Waals surface area contributed by atoms with Crippen LogP contribution in [0.4, 0.5) is 18.9 Å². The summed E-state index contributed by atoms with van der Waals surface area (Å²) in [6.07, 6.45) is -3.34. The van der Waals surface area contributed by atoms with Crippen molar-refractivity contribution in [2.45, 2.75) is 12.6 Å². The molecular formula is C17H11F3N4O4. The highest BCUT2D eigenvalue weighted by molar-refractivity contribution is 5.92. The van der Waals surface area contributed by atoms with Gasteiger partial charge in [0.05, 0.1) is 18.3 Å². The van der Waals surface area contributed by atoms with Crippen LogP contribution in [0.25, 0.3) is 11.5 Å². The lowest BCUT2D eigenvalue weighted by Crippen LogP contribution is -2.14. The molecule has 1 aliphatic heterocycles. The normalized spacial score (nSPS) is 12.8. The molecule has 0 unspecified atom stereocenters. The summed E-state index contributed by atoms with van der Waals surface area (Å²) in [5.41, 5.74) is 1.18. The van der Waals surface area contributed by atoms with E-state index in [-0.39, 0.29) is 30.6 Å². The summed E-state index contributed by atoms with van der Waals surface area (Å²) in [5.74, 6) is -0.850. The lowest BCUT2D eigenvalue weighted by atomic mass is 10.1. The number of carbonyl (C=O) groups is 1. The molecule has 8 nitrogen and oxygen atoms in total. The third-order valence-corrected chi connectivity index (χ3v) is 3.75. The maximum Gasteiger partial charge on any atom is 0.471 e. The number of pyridine rings is 1. The molecule has 0 saturated heterocycles. The third kappa shape index (κ3) is 3.72. The molecule has 1 N–H and O–H groups in total. The molecule has 0 radical (unpaired) electrons. The van der Waals surface area contributed by atoms with Crippen molar-refractivity contribution in [2.75, 3.05) is 12.1 Å². The minimum absolute atomic E-state index is 0.0769. The Hall–Kier alpha value is -3.63. The number of rotatable bonds is 4. The molecule has 0 bridgehead atoms. The lowest BCUT2D eigenvalue weighted by molar-refractivity contribution is -0.159. The van der Waals surface area contributed by atoms with Crippen LogP contribution in [0.5, 0.6) is 11.5 Å². The van der Waals surface area contributed by atoms with Crippen LogP contribution in [0, 0.1) is 0 Å². The number of hydrogen-bond acceptors (Lipinski definition) is 7. The molecule has 11 heteroatoms. The second kappa shape index (κ2) is 6.83.